The maximum atomic E-state index is 15.6. The molecule has 0 saturated carbocycles. The number of aliphatic hydroxyl groups is 1. The molecule has 194 valence electrons. The topological polar surface area (TPSA) is 54.8 Å². The second kappa shape index (κ2) is 11.7. The molecule has 0 aliphatic carbocycles. The van der Waals surface area contributed by atoms with Crippen molar-refractivity contribution in [2.24, 2.45) is 5.41 Å². The van der Waals surface area contributed by atoms with E-state index in [9.17, 15) is 13.9 Å². The van der Waals surface area contributed by atoms with Gasteiger partial charge in [-0.05, 0) is 62.4 Å². The third kappa shape index (κ3) is 6.22. The first-order valence-corrected chi connectivity index (χ1v) is 12.4. The summed E-state index contributed by atoms with van der Waals surface area (Å²) in [5.41, 5.74) is 0.670. The molecule has 5 nitrogen and oxygen atoms in total. The van der Waals surface area contributed by atoms with Crippen molar-refractivity contribution in [3.8, 4) is 11.5 Å². The zero-order valence-corrected chi connectivity index (χ0v) is 20.9. The average molecular weight is 523 g/mol. The molecule has 1 N–H and O–H groups in total. The summed E-state index contributed by atoms with van der Waals surface area (Å²) in [7, 11) is 1.55. The molecule has 2 heterocycles. The Morgan fingerprint density at radius 1 is 1.11 bits per heavy atom. The summed E-state index contributed by atoms with van der Waals surface area (Å²) in [5.74, 6) is -0.599. The zero-order chi connectivity index (χ0) is 25.7. The van der Waals surface area contributed by atoms with Gasteiger partial charge in [0.15, 0.2) is 0 Å². The number of ether oxygens (including phenoxy) is 2. The second-order valence-electron chi connectivity index (χ2n) is 9.36. The lowest BCUT2D eigenvalue weighted by molar-refractivity contribution is 0.0266. The van der Waals surface area contributed by atoms with Crippen LogP contribution in [0.15, 0.2) is 42.6 Å². The van der Waals surface area contributed by atoms with Gasteiger partial charge in [-0.3, -0.25) is 9.88 Å². The smallest absolute Gasteiger partial charge is 0.129 e. The first-order chi connectivity index (χ1) is 17.3. The van der Waals surface area contributed by atoms with Crippen LogP contribution in [0.2, 0.25) is 5.02 Å². The number of rotatable bonds is 10. The number of methoxy groups -OCH3 is 1. The second-order valence-corrected chi connectivity index (χ2v) is 9.77. The number of benzene rings is 2. The fourth-order valence-corrected chi connectivity index (χ4v) is 5.10. The summed E-state index contributed by atoms with van der Waals surface area (Å²) in [4.78, 5) is 6.47. The lowest BCUT2D eigenvalue weighted by atomic mass is 9.74. The highest BCUT2D eigenvalue weighted by Gasteiger charge is 2.35. The van der Waals surface area contributed by atoms with Gasteiger partial charge < -0.3 is 14.6 Å². The van der Waals surface area contributed by atoms with E-state index in [0.29, 0.717) is 67.7 Å². The number of fused-ring (bicyclic) bond motifs is 1. The number of hydrogen-bond donors (Lipinski definition) is 1. The van der Waals surface area contributed by atoms with Gasteiger partial charge in [0.2, 0.25) is 0 Å². The fraction of sp³-hybridized carbons (Fsp3) is 0.444. The van der Waals surface area contributed by atoms with Gasteiger partial charge in [-0.25, -0.2) is 13.2 Å². The predicted molar refractivity (Wildman–Crippen MR) is 133 cm³/mol. The summed E-state index contributed by atoms with van der Waals surface area (Å²) in [6, 6.07) is 8.40. The van der Waals surface area contributed by atoms with E-state index in [-0.39, 0.29) is 29.2 Å². The van der Waals surface area contributed by atoms with Crippen molar-refractivity contribution in [3.63, 3.8) is 0 Å². The number of piperidine rings is 1. The molecule has 3 aromatic rings. The molecule has 1 atom stereocenters. The van der Waals surface area contributed by atoms with E-state index < -0.39 is 17.8 Å². The van der Waals surface area contributed by atoms with Crippen LogP contribution in [0.5, 0.6) is 11.5 Å². The van der Waals surface area contributed by atoms with Gasteiger partial charge in [-0.2, -0.15) is 0 Å². The van der Waals surface area contributed by atoms with E-state index >= 15 is 4.39 Å². The number of hydrogen-bond acceptors (Lipinski definition) is 5. The summed E-state index contributed by atoms with van der Waals surface area (Å²) in [6.45, 7) is 2.29. The highest BCUT2D eigenvalue weighted by molar-refractivity contribution is 6.32. The van der Waals surface area contributed by atoms with Gasteiger partial charge in [0.1, 0.15) is 35.9 Å². The molecule has 1 aromatic heterocycles. The summed E-state index contributed by atoms with van der Waals surface area (Å²) < 4.78 is 53.0. The van der Waals surface area contributed by atoms with E-state index in [0.717, 1.165) is 18.2 Å². The molecule has 0 spiro atoms. The molecule has 0 bridgehead atoms. The Hall–Kier alpha value is -2.55. The Balaban J connectivity index is 1.33. The van der Waals surface area contributed by atoms with Crippen LogP contribution < -0.4 is 9.47 Å². The molecular weight excluding hydrogens is 493 g/mol. The molecule has 4 rings (SSSR count). The summed E-state index contributed by atoms with van der Waals surface area (Å²) >= 11 is 6.36. The summed E-state index contributed by atoms with van der Waals surface area (Å²) in [6.07, 6.45) is 2.33. The van der Waals surface area contributed by atoms with E-state index in [4.69, 9.17) is 21.1 Å². The Morgan fingerprint density at radius 2 is 1.83 bits per heavy atom. The van der Waals surface area contributed by atoms with Crippen molar-refractivity contribution in [1.29, 1.82) is 0 Å². The van der Waals surface area contributed by atoms with E-state index in [1.165, 1.54) is 6.20 Å². The zero-order valence-electron chi connectivity index (χ0n) is 20.2. The lowest BCUT2D eigenvalue weighted by Crippen LogP contribution is -2.43. The highest BCUT2D eigenvalue weighted by Crippen LogP contribution is 2.41. The number of likely N-dealkylation sites (tertiary alicyclic amines) is 1. The van der Waals surface area contributed by atoms with Gasteiger partial charge in [0.25, 0.3) is 0 Å². The van der Waals surface area contributed by atoms with Gasteiger partial charge in [-0.1, -0.05) is 11.6 Å². The molecule has 1 fully saturated rings. The van der Waals surface area contributed by atoms with E-state index in [1.54, 1.807) is 25.3 Å². The van der Waals surface area contributed by atoms with Crippen molar-refractivity contribution in [3.05, 3.63) is 64.8 Å². The van der Waals surface area contributed by atoms with Crippen molar-refractivity contribution < 1.29 is 27.8 Å². The molecule has 2 aromatic carbocycles. The van der Waals surface area contributed by atoms with Crippen LogP contribution in [0.3, 0.4) is 0 Å². The molecule has 1 aliphatic rings. The number of halogens is 4. The highest BCUT2D eigenvalue weighted by atomic mass is 35.5. The Bertz CT molecular complexity index is 1170. The largest absolute Gasteiger partial charge is 0.497 e. The number of aromatic nitrogens is 1. The standard InChI is InChI=1S/C27H30ClF3N2O3/c1-35-20-2-3-25-22(15-20)26(23(28)16-32-25)24(31)4-5-27(17-34)6-8-33(9-7-27)10-11-36-21-13-18(29)12-19(30)14-21/h2-3,12-16,24,34H,4-11,17H2,1H3. The van der Waals surface area contributed by atoms with Crippen molar-refractivity contribution >= 4 is 22.5 Å². The SMILES string of the molecule is COc1ccc2ncc(Cl)c(C(F)CCC3(CO)CCN(CCOc4cc(F)cc(F)c4)CC3)c2c1. The van der Waals surface area contributed by atoms with Crippen LogP contribution in [-0.2, 0) is 0 Å². The van der Waals surface area contributed by atoms with Crippen molar-refractivity contribution in [2.75, 3.05) is 40.0 Å². The molecule has 1 aliphatic heterocycles. The molecule has 9 heteroatoms. The number of nitrogens with zero attached hydrogens (tertiary/aromatic N) is 2. The van der Waals surface area contributed by atoms with Gasteiger partial charge in [0.05, 0.1) is 17.6 Å². The first kappa shape index (κ1) is 26.5. The number of pyridine rings is 1. The molecule has 1 unspecified atom stereocenters. The quantitative estimate of drug-likeness (QED) is 0.348. The fourth-order valence-electron chi connectivity index (χ4n) is 4.83. The normalized spacial score (nSPS) is 16.7. The number of aliphatic hydroxyl groups excluding tert-OH is 1. The monoisotopic (exact) mass is 522 g/mol. The average Bonchev–Trinajstić information content (AvgIpc) is 2.87. The van der Waals surface area contributed by atoms with Crippen molar-refractivity contribution in [1.82, 2.24) is 9.88 Å². The maximum Gasteiger partial charge on any atom is 0.129 e. The molecule has 0 amide bonds. The van der Waals surface area contributed by atoms with Gasteiger partial charge in [-0.15, -0.1) is 0 Å². The molecule has 36 heavy (non-hydrogen) atoms. The third-order valence-electron chi connectivity index (χ3n) is 7.07. The van der Waals surface area contributed by atoms with Gasteiger partial charge in [0, 0.05) is 48.5 Å². The maximum absolute atomic E-state index is 15.6. The molecule has 0 radical (unpaired) electrons. The molecule has 1 saturated heterocycles. The van der Waals surface area contributed by atoms with Gasteiger partial charge >= 0.3 is 0 Å². The lowest BCUT2D eigenvalue weighted by Gasteiger charge is -2.41. The summed E-state index contributed by atoms with van der Waals surface area (Å²) in [5, 5.41) is 11.1. The van der Waals surface area contributed by atoms with Crippen molar-refractivity contribution in [2.45, 2.75) is 31.9 Å². The third-order valence-corrected chi connectivity index (χ3v) is 7.38. The van der Waals surface area contributed by atoms with Crippen LogP contribution in [-0.4, -0.2) is 54.9 Å². The Labute approximate surface area is 213 Å². The predicted octanol–water partition coefficient (Wildman–Crippen LogP) is 6.12. The minimum Gasteiger partial charge on any atom is -0.497 e. The minimum absolute atomic E-state index is 0.0225. The minimum atomic E-state index is -1.31. The Kier molecular flexibility index (Phi) is 8.59. The molecular formula is C27H30ClF3N2O3. The van der Waals surface area contributed by atoms with Crippen LogP contribution in [0.1, 0.15) is 37.4 Å². The van der Waals surface area contributed by atoms with Crippen LogP contribution in [0.25, 0.3) is 10.9 Å². The van der Waals surface area contributed by atoms with Crippen LogP contribution in [0.4, 0.5) is 13.2 Å². The Morgan fingerprint density at radius 3 is 2.50 bits per heavy atom. The van der Waals surface area contributed by atoms with Crippen LogP contribution >= 0.6 is 11.6 Å². The van der Waals surface area contributed by atoms with E-state index in [1.807, 2.05) is 0 Å². The van der Waals surface area contributed by atoms with Crippen LogP contribution in [0, 0.1) is 17.0 Å². The first-order valence-electron chi connectivity index (χ1n) is 12.0. The number of alkyl halides is 1. The van der Waals surface area contributed by atoms with E-state index in [2.05, 4.69) is 9.88 Å².